The lowest BCUT2D eigenvalue weighted by Crippen LogP contribution is -2.17. The molecule has 1 atom stereocenters. The highest BCUT2D eigenvalue weighted by molar-refractivity contribution is 5.78. The fourth-order valence-corrected chi connectivity index (χ4v) is 3.03. The van der Waals surface area contributed by atoms with Crippen LogP contribution >= 0.6 is 0 Å². The van der Waals surface area contributed by atoms with E-state index in [-0.39, 0.29) is 19.0 Å². The van der Waals surface area contributed by atoms with Gasteiger partial charge < -0.3 is 20.0 Å². The van der Waals surface area contributed by atoms with Gasteiger partial charge in [0.2, 0.25) is 0 Å². The number of halogens is 1. The van der Waals surface area contributed by atoms with E-state index in [0.717, 1.165) is 18.7 Å². The number of benzene rings is 2. The number of carbonyl (C=O) groups excluding carboxylic acids is 1. The van der Waals surface area contributed by atoms with E-state index < -0.39 is 28.6 Å². The molecule has 1 aromatic heterocycles. The van der Waals surface area contributed by atoms with Crippen molar-refractivity contribution in [3.05, 3.63) is 82.0 Å². The summed E-state index contributed by atoms with van der Waals surface area (Å²) in [6.45, 7) is 4.41. The second-order valence-corrected chi connectivity index (χ2v) is 7.09. The summed E-state index contributed by atoms with van der Waals surface area (Å²) < 4.78 is 21.1. The van der Waals surface area contributed by atoms with Gasteiger partial charge >= 0.3 is 11.8 Å². The molecule has 0 aliphatic rings. The van der Waals surface area contributed by atoms with Crippen LogP contribution in [-0.2, 0) is 20.9 Å². The van der Waals surface area contributed by atoms with Gasteiger partial charge in [0.05, 0.1) is 5.92 Å². The number of nitrogens with zero attached hydrogens (tertiary/aromatic N) is 3. The van der Waals surface area contributed by atoms with Gasteiger partial charge in [-0.25, -0.2) is 13.9 Å². The second-order valence-electron chi connectivity index (χ2n) is 7.09. The largest absolute Gasteiger partial charge is 0.481 e. The van der Waals surface area contributed by atoms with Gasteiger partial charge in [0, 0.05) is 19.4 Å². The monoisotopic (exact) mass is 457 g/mol. The highest BCUT2D eigenvalue weighted by Crippen LogP contribution is 2.26. The Morgan fingerprint density at radius 2 is 1.88 bits per heavy atom. The molecular formula is C23H24FN3O6. The van der Waals surface area contributed by atoms with Crippen molar-refractivity contribution >= 4 is 17.8 Å². The smallest absolute Gasteiger partial charge is 0.342 e. The number of aromatic nitrogens is 2. The Kier molecular flexibility index (Phi) is 8.79. The molecule has 10 heteroatoms. The highest BCUT2D eigenvalue weighted by atomic mass is 19.1. The third kappa shape index (κ3) is 6.96. The Balaban J connectivity index is 0.000000890. The number of hydrogen-bond acceptors (Lipinski definition) is 6. The summed E-state index contributed by atoms with van der Waals surface area (Å²) in [5.74, 6) is -2.16. The van der Waals surface area contributed by atoms with E-state index >= 15 is 0 Å². The Labute approximate surface area is 189 Å². The number of imidazole rings is 1. The normalized spacial score (nSPS) is 11.2. The van der Waals surface area contributed by atoms with Gasteiger partial charge in [-0.1, -0.05) is 42.5 Å². The van der Waals surface area contributed by atoms with Crippen LogP contribution in [0.3, 0.4) is 0 Å². The van der Waals surface area contributed by atoms with Crippen LogP contribution in [0.1, 0.15) is 31.2 Å². The summed E-state index contributed by atoms with van der Waals surface area (Å²) in [5, 5.41) is 18.4. The molecule has 0 saturated carbocycles. The average Bonchev–Trinajstić information content (AvgIpc) is 3.14. The Bertz CT molecular complexity index is 1130. The Hall–Kier alpha value is -4.08. The first kappa shape index (κ1) is 25.2. The predicted molar refractivity (Wildman–Crippen MR) is 118 cm³/mol. The van der Waals surface area contributed by atoms with Crippen LogP contribution in [0.5, 0.6) is 0 Å². The zero-order valence-electron chi connectivity index (χ0n) is 18.4. The number of carboxylic acids is 1. The van der Waals surface area contributed by atoms with Crippen LogP contribution in [0.15, 0.2) is 54.7 Å². The number of nitro groups is 1. The van der Waals surface area contributed by atoms with Gasteiger partial charge in [-0.15, -0.1) is 0 Å². The van der Waals surface area contributed by atoms with Crippen molar-refractivity contribution in [3.63, 3.8) is 0 Å². The molecule has 2 aromatic carbocycles. The molecule has 0 bridgehead atoms. The van der Waals surface area contributed by atoms with Crippen LogP contribution in [0.25, 0.3) is 11.1 Å². The van der Waals surface area contributed by atoms with Gasteiger partial charge in [-0.05, 0) is 29.0 Å². The van der Waals surface area contributed by atoms with Crippen molar-refractivity contribution in [2.45, 2.75) is 33.2 Å². The summed E-state index contributed by atoms with van der Waals surface area (Å²) in [4.78, 5) is 35.7. The zero-order chi connectivity index (χ0) is 24.5. The lowest BCUT2D eigenvalue weighted by atomic mass is 9.97. The summed E-state index contributed by atoms with van der Waals surface area (Å²) in [6, 6.07) is 13.8. The summed E-state index contributed by atoms with van der Waals surface area (Å²) in [6.07, 6.45) is 1.16. The zero-order valence-corrected chi connectivity index (χ0v) is 18.4. The molecular weight excluding hydrogens is 433 g/mol. The first-order chi connectivity index (χ1) is 15.6. The maximum atomic E-state index is 14.5. The number of rotatable bonds is 7. The van der Waals surface area contributed by atoms with Crippen molar-refractivity contribution < 1.29 is 28.7 Å². The minimum atomic E-state index is -0.833. The summed E-state index contributed by atoms with van der Waals surface area (Å²) in [5.41, 5.74) is 1.71. The third-order valence-electron chi connectivity index (χ3n) is 4.71. The SMILES string of the molecule is CC(=O)O.Cc1ncc([N+](=O)[O-])n1CCOC(=O)[C@@H](C)c1ccc(-c2ccccc2)c(F)c1. The topological polar surface area (TPSA) is 125 Å². The van der Waals surface area contributed by atoms with Crippen molar-refractivity contribution in [3.8, 4) is 11.1 Å². The molecule has 33 heavy (non-hydrogen) atoms. The molecule has 0 radical (unpaired) electrons. The Morgan fingerprint density at radius 1 is 1.24 bits per heavy atom. The number of aliphatic carboxylic acids is 1. The first-order valence-electron chi connectivity index (χ1n) is 9.99. The lowest BCUT2D eigenvalue weighted by molar-refractivity contribution is -0.392. The first-order valence-corrected chi connectivity index (χ1v) is 9.99. The molecule has 1 heterocycles. The summed E-state index contributed by atoms with van der Waals surface area (Å²) >= 11 is 0. The van der Waals surface area contributed by atoms with Crippen LogP contribution < -0.4 is 0 Å². The molecule has 0 aliphatic heterocycles. The number of carboxylic acid groups (broad SMARTS) is 1. The van der Waals surface area contributed by atoms with E-state index in [1.165, 1.54) is 10.6 Å². The van der Waals surface area contributed by atoms with Crippen LogP contribution in [-0.4, -0.2) is 38.1 Å². The van der Waals surface area contributed by atoms with Crippen LogP contribution in [0.2, 0.25) is 0 Å². The molecule has 0 spiro atoms. The molecule has 0 amide bonds. The number of aryl methyl sites for hydroxylation is 1. The van der Waals surface area contributed by atoms with Crippen LogP contribution in [0, 0.1) is 22.9 Å². The third-order valence-corrected chi connectivity index (χ3v) is 4.71. The van der Waals surface area contributed by atoms with Gasteiger partial charge in [-0.3, -0.25) is 9.59 Å². The maximum Gasteiger partial charge on any atom is 0.342 e. The standard InChI is InChI=1S/C21H20FN3O4.C2H4O2/c1-14(17-8-9-18(19(22)12-17)16-6-4-3-5-7-16)21(26)29-11-10-24-15(2)23-13-20(24)25(27)28;1-2(3)4/h3-9,12-14H,10-11H2,1-2H3;1H3,(H,3,4)/t14-;/m0./s1. The quantitative estimate of drug-likeness (QED) is 0.318. The molecule has 3 aromatic rings. The van der Waals surface area contributed by atoms with Gasteiger partial charge in [0.25, 0.3) is 5.97 Å². The molecule has 1 N–H and O–H groups in total. The van der Waals surface area contributed by atoms with E-state index in [4.69, 9.17) is 14.6 Å². The van der Waals surface area contributed by atoms with E-state index in [2.05, 4.69) is 4.98 Å². The van der Waals surface area contributed by atoms with Crippen molar-refractivity contribution in [2.75, 3.05) is 6.61 Å². The molecule has 9 nitrogen and oxygen atoms in total. The molecule has 3 rings (SSSR count). The number of carbonyl (C=O) groups is 2. The molecule has 0 aliphatic carbocycles. The van der Waals surface area contributed by atoms with Crippen molar-refractivity contribution in [2.24, 2.45) is 0 Å². The Morgan fingerprint density at radius 3 is 2.45 bits per heavy atom. The van der Waals surface area contributed by atoms with E-state index in [0.29, 0.717) is 17.0 Å². The molecule has 0 fully saturated rings. The van der Waals surface area contributed by atoms with E-state index in [1.807, 2.05) is 30.3 Å². The minimum Gasteiger partial charge on any atom is -0.481 e. The highest BCUT2D eigenvalue weighted by Gasteiger charge is 2.21. The summed E-state index contributed by atoms with van der Waals surface area (Å²) in [7, 11) is 0. The number of hydrogen-bond donors (Lipinski definition) is 1. The van der Waals surface area contributed by atoms with Crippen molar-refractivity contribution in [1.82, 2.24) is 9.55 Å². The van der Waals surface area contributed by atoms with Crippen LogP contribution in [0.4, 0.5) is 10.2 Å². The molecule has 0 unspecified atom stereocenters. The number of esters is 1. The average molecular weight is 457 g/mol. The minimum absolute atomic E-state index is 0.0498. The predicted octanol–water partition coefficient (Wildman–Crippen LogP) is 4.34. The maximum absolute atomic E-state index is 14.5. The fourth-order valence-electron chi connectivity index (χ4n) is 3.03. The number of ether oxygens (including phenoxy) is 1. The fraction of sp³-hybridized carbons (Fsp3) is 0.261. The lowest BCUT2D eigenvalue weighted by Gasteiger charge is -2.13. The van der Waals surface area contributed by atoms with Gasteiger partial charge in [0.15, 0.2) is 5.82 Å². The van der Waals surface area contributed by atoms with E-state index in [1.54, 1.807) is 26.0 Å². The van der Waals surface area contributed by atoms with Gasteiger partial charge in [0.1, 0.15) is 25.2 Å². The molecule has 174 valence electrons. The van der Waals surface area contributed by atoms with Gasteiger partial charge in [-0.2, -0.15) is 0 Å². The molecule has 0 saturated heterocycles. The second kappa shape index (κ2) is 11.5. The van der Waals surface area contributed by atoms with Crippen molar-refractivity contribution in [1.29, 1.82) is 0 Å². The van der Waals surface area contributed by atoms with E-state index in [9.17, 15) is 19.3 Å².